The molecular weight excluding hydrogens is 476 g/mol. The van der Waals surface area contributed by atoms with Crippen molar-refractivity contribution in [3.8, 4) is 33.5 Å². The van der Waals surface area contributed by atoms with Crippen LogP contribution in [-0.4, -0.2) is 9.97 Å². The van der Waals surface area contributed by atoms with Gasteiger partial charge >= 0.3 is 0 Å². The molecule has 0 amide bonds. The van der Waals surface area contributed by atoms with E-state index in [-0.39, 0.29) is 17.0 Å². The Morgan fingerprint density at radius 3 is 2.21 bits per heavy atom. The number of rotatable bonds is 5. The zero-order valence-corrected chi connectivity index (χ0v) is 22.4. The van der Waals surface area contributed by atoms with E-state index >= 15 is 0 Å². The molecule has 6 rings (SSSR count). The van der Waals surface area contributed by atoms with Crippen LogP contribution in [0, 0.1) is 13.7 Å². The molecule has 0 bridgehead atoms. The Hall–Kier alpha value is -4.24. The molecule has 6 aromatic rings. The van der Waals surface area contributed by atoms with Crippen molar-refractivity contribution in [1.29, 1.82) is 0 Å². The summed E-state index contributed by atoms with van der Waals surface area (Å²) in [4.78, 5) is 8.88. The van der Waals surface area contributed by atoms with Gasteiger partial charge in [0.2, 0.25) is 5.71 Å². The number of nitrogens with zero attached hydrogens (tertiary/aromatic N) is 2. The second-order valence-electron chi connectivity index (χ2n) is 10.3. The van der Waals surface area contributed by atoms with Gasteiger partial charge in [-0.2, -0.15) is 0 Å². The Labute approximate surface area is 241 Å². The molecule has 3 heterocycles. The highest BCUT2D eigenvalue weighted by Gasteiger charge is 2.21. The normalized spacial score (nSPS) is 16.0. The second-order valence-corrected chi connectivity index (χ2v) is 10.3. The smallest absolute Gasteiger partial charge is 0.227 e. The van der Waals surface area contributed by atoms with E-state index in [2.05, 4.69) is 9.97 Å². The fourth-order valence-electron chi connectivity index (χ4n) is 5.21. The average molecular weight is 519 g/mol. The van der Waals surface area contributed by atoms with Crippen LogP contribution in [0.15, 0.2) is 89.5 Å². The fraction of sp³-hybridized carbons (Fsp3) is 0.222. The number of fused-ring (bicyclic) bond motifs is 3. The highest BCUT2D eigenvalue weighted by molar-refractivity contribution is 6.08. The van der Waals surface area contributed by atoms with Crippen LogP contribution in [-0.2, 0) is 0 Å². The lowest BCUT2D eigenvalue weighted by Gasteiger charge is -2.23. The lowest BCUT2D eigenvalue weighted by atomic mass is 9.81. The lowest BCUT2D eigenvalue weighted by Crippen LogP contribution is -2.03. The molecule has 0 saturated carbocycles. The van der Waals surface area contributed by atoms with Crippen LogP contribution in [0.2, 0.25) is 0 Å². The largest absolute Gasteiger partial charge is 0.437 e. The zero-order chi connectivity index (χ0) is 34.1. The summed E-state index contributed by atoms with van der Waals surface area (Å²) in [6.45, 7) is 2.08. The van der Waals surface area contributed by atoms with Crippen LogP contribution in [0.25, 0.3) is 55.6 Å². The van der Waals surface area contributed by atoms with Crippen molar-refractivity contribution in [1.82, 2.24) is 9.97 Å². The molecule has 0 aliphatic carbocycles. The van der Waals surface area contributed by atoms with E-state index in [9.17, 15) is 2.74 Å². The first-order valence-electron chi connectivity index (χ1n) is 16.9. The second kappa shape index (κ2) is 9.81. The van der Waals surface area contributed by atoms with Crippen molar-refractivity contribution in [2.24, 2.45) is 0 Å². The topological polar surface area (TPSA) is 38.9 Å². The number of aromatic nitrogens is 2. The maximum atomic E-state index is 9.22. The number of pyridine rings is 2. The zero-order valence-electron chi connectivity index (χ0n) is 30.4. The van der Waals surface area contributed by atoms with Gasteiger partial charge < -0.3 is 4.42 Å². The molecule has 0 radical (unpaired) electrons. The monoisotopic (exact) mass is 518 g/mol. The summed E-state index contributed by atoms with van der Waals surface area (Å²) in [6, 6.07) is 23.9. The molecule has 3 aromatic heterocycles. The molecule has 0 atom stereocenters. The average Bonchev–Trinajstić information content (AvgIpc) is 3.37. The van der Waals surface area contributed by atoms with Crippen LogP contribution in [0.5, 0.6) is 0 Å². The first-order valence-corrected chi connectivity index (χ1v) is 12.9. The fourth-order valence-corrected chi connectivity index (χ4v) is 5.21. The summed E-state index contributed by atoms with van der Waals surface area (Å²) < 4.78 is 73.3. The number of hydrogen-bond acceptors (Lipinski definition) is 3. The third-order valence-electron chi connectivity index (χ3n) is 7.14. The van der Waals surface area contributed by atoms with Crippen LogP contribution in [0.1, 0.15) is 72.8 Å². The number of aryl methyl sites for hydroxylation is 2. The van der Waals surface area contributed by atoms with E-state index < -0.39 is 25.5 Å². The van der Waals surface area contributed by atoms with Gasteiger partial charge in [0.25, 0.3) is 0 Å². The maximum absolute atomic E-state index is 9.22. The van der Waals surface area contributed by atoms with Crippen LogP contribution >= 0.6 is 0 Å². The summed E-state index contributed by atoms with van der Waals surface area (Å²) in [6.07, 6.45) is 1.34. The molecular formula is C36H34N2O. The van der Waals surface area contributed by atoms with Gasteiger partial charge in [0.15, 0.2) is 0 Å². The number of hydrogen-bond donors (Lipinski definition) is 0. The summed E-state index contributed by atoms with van der Waals surface area (Å²) in [5, 5.41) is 1.35. The van der Waals surface area contributed by atoms with Gasteiger partial charge in [0.05, 0.1) is 5.69 Å². The maximum Gasteiger partial charge on any atom is 0.227 e. The van der Waals surface area contributed by atoms with E-state index in [0.717, 1.165) is 11.1 Å². The molecule has 3 aromatic carbocycles. The summed E-state index contributed by atoms with van der Waals surface area (Å²) >= 11 is 0. The van der Waals surface area contributed by atoms with Gasteiger partial charge in [-0.1, -0.05) is 82.3 Å². The molecule has 0 aliphatic heterocycles. The van der Waals surface area contributed by atoms with Crippen molar-refractivity contribution in [3.05, 3.63) is 107 Å². The van der Waals surface area contributed by atoms with E-state index in [1.54, 1.807) is 45.9 Å². The van der Waals surface area contributed by atoms with Crippen LogP contribution in [0.4, 0.5) is 0 Å². The molecule has 39 heavy (non-hydrogen) atoms. The Balaban J connectivity index is 1.67. The first-order chi connectivity index (χ1) is 21.8. The van der Waals surface area contributed by atoms with Crippen LogP contribution in [0.3, 0.4) is 0 Å². The highest BCUT2D eigenvalue weighted by Crippen LogP contribution is 2.42. The van der Waals surface area contributed by atoms with Crippen LogP contribution < -0.4 is 0 Å². The molecule has 3 heteroatoms. The molecule has 0 spiro atoms. The molecule has 0 unspecified atom stereocenters. The quantitative estimate of drug-likeness (QED) is 0.228. The van der Waals surface area contributed by atoms with Crippen molar-refractivity contribution in [3.63, 3.8) is 0 Å². The Bertz CT molecular complexity index is 2100. The minimum atomic E-state index is -2.55. The summed E-state index contributed by atoms with van der Waals surface area (Å²) in [5.41, 5.74) is 5.31. The molecule has 0 aliphatic rings. The van der Waals surface area contributed by atoms with Crippen molar-refractivity contribution in [2.45, 2.75) is 53.2 Å². The van der Waals surface area contributed by atoms with E-state index in [4.69, 9.17) is 12.6 Å². The number of benzene rings is 3. The Kier molecular flexibility index (Phi) is 4.37. The van der Waals surface area contributed by atoms with Crippen molar-refractivity contribution >= 4 is 22.1 Å². The Morgan fingerprint density at radius 2 is 1.51 bits per heavy atom. The van der Waals surface area contributed by atoms with Gasteiger partial charge in [0.1, 0.15) is 5.58 Å². The molecule has 3 nitrogen and oxygen atoms in total. The SMILES string of the molecule is [2H]C([2H])([2H])c1ccc2c(n1)oc1c(-c3cc(-c4c(C([2H])(C)C)cc(-c5ccccc5)cc4C([2H])(C)C)c(C([2H])([2H])[2H])cn3)cccc12. The third-order valence-corrected chi connectivity index (χ3v) is 7.14. The van der Waals surface area contributed by atoms with Gasteiger partial charge in [-0.15, -0.1) is 0 Å². The lowest BCUT2D eigenvalue weighted by molar-refractivity contribution is 0.653. The van der Waals surface area contributed by atoms with Gasteiger partial charge in [-0.25, -0.2) is 4.98 Å². The Morgan fingerprint density at radius 1 is 0.744 bits per heavy atom. The molecule has 194 valence electrons. The standard InChI is InChI=1S/C36H34N2O/c1-21(2)30-17-26(25-11-8-7-9-12-25)18-31(22(3)4)34(30)32-19-33(37-20-23(32)5)29-14-10-13-27-28-16-15-24(6)38-36(28)39-35(27)29/h7-22H,1-6H3/i5D3,6D3,21D,22D. The number of para-hydroxylation sites is 1. The van der Waals surface area contributed by atoms with Crippen molar-refractivity contribution < 1.29 is 15.4 Å². The minimum absolute atomic E-state index is 0.00507. The van der Waals surface area contributed by atoms with E-state index in [0.29, 0.717) is 49.9 Å². The highest BCUT2D eigenvalue weighted by atomic mass is 16.3. The van der Waals surface area contributed by atoms with Gasteiger partial charge in [-0.3, -0.25) is 4.98 Å². The van der Waals surface area contributed by atoms with E-state index in [1.807, 2.05) is 54.6 Å². The minimum Gasteiger partial charge on any atom is -0.437 e. The van der Waals surface area contributed by atoms with Crippen molar-refractivity contribution in [2.75, 3.05) is 0 Å². The van der Waals surface area contributed by atoms with E-state index in [1.165, 1.54) is 12.3 Å². The van der Waals surface area contributed by atoms with Gasteiger partial charge in [-0.05, 0) is 88.7 Å². The molecule has 0 fully saturated rings. The number of furan rings is 1. The molecule has 0 saturated heterocycles. The third kappa shape index (κ3) is 4.42. The van der Waals surface area contributed by atoms with Gasteiger partial charge in [0, 0.05) is 39.2 Å². The predicted molar refractivity (Wildman–Crippen MR) is 163 cm³/mol. The summed E-state index contributed by atoms with van der Waals surface area (Å²) in [5.74, 6) is -2.33. The summed E-state index contributed by atoms with van der Waals surface area (Å²) in [7, 11) is 0. The molecule has 0 N–H and O–H groups in total. The first kappa shape index (κ1) is 17.4. The predicted octanol–water partition coefficient (Wildman–Crippen LogP) is 10.2.